The molecular formula is C18H24N6O2. The summed E-state index contributed by atoms with van der Waals surface area (Å²) in [7, 11) is 0. The van der Waals surface area contributed by atoms with Gasteiger partial charge in [-0.3, -0.25) is 4.79 Å². The number of piperazine rings is 1. The van der Waals surface area contributed by atoms with Crippen LogP contribution in [0.5, 0.6) is 0 Å². The minimum absolute atomic E-state index is 0.00337. The Hall–Kier alpha value is -2.64. The molecule has 2 aliphatic rings. The lowest BCUT2D eigenvalue weighted by atomic mass is 10.1. The van der Waals surface area contributed by atoms with Gasteiger partial charge in [0.05, 0.1) is 5.69 Å². The Kier molecular flexibility index (Phi) is 4.48. The summed E-state index contributed by atoms with van der Waals surface area (Å²) in [4.78, 5) is 19.0. The smallest absolute Gasteiger partial charge is 0.259 e. The second-order valence-electron chi connectivity index (χ2n) is 6.92. The Morgan fingerprint density at radius 2 is 1.50 bits per heavy atom. The number of aromatic nitrogens is 3. The van der Waals surface area contributed by atoms with E-state index in [9.17, 15) is 4.79 Å². The second-order valence-corrected chi connectivity index (χ2v) is 6.92. The van der Waals surface area contributed by atoms with Gasteiger partial charge in [-0.05, 0) is 38.8 Å². The van der Waals surface area contributed by atoms with Gasteiger partial charge in [-0.25, -0.2) is 0 Å². The average Bonchev–Trinajstić information content (AvgIpc) is 3.32. The highest BCUT2D eigenvalue weighted by Crippen LogP contribution is 2.21. The third-order valence-corrected chi connectivity index (χ3v) is 5.20. The number of hydrogen-bond donors (Lipinski definition) is 0. The fourth-order valence-electron chi connectivity index (χ4n) is 3.69. The molecule has 8 heteroatoms. The molecule has 2 saturated heterocycles. The average molecular weight is 356 g/mol. The first-order chi connectivity index (χ1) is 12.6. The zero-order chi connectivity index (χ0) is 18.1. The quantitative estimate of drug-likeness (QED) is 0.827. The van der Waals surface area contributed by atoms with E-state index in [1.807, 2.05) is 11.0 Å². The van der Waals surface area contributed by atoms with Crippen molar-refractivity contribution in [3.8, 4) is 0 Å². The van der Waals surface area contributed by atoms with E-state index in [0.717, 1.165) is 37.8 Å². The Balaban J connectivity index is 1.38. The third-order valence-electron chi connectivity index (χ3n) is 5.20. The van der Waals surface area contributed by atoms with Gasteiger partial charge in [0.1, 0.15) is 11.3 Å². The van der Waals surface area contributed by atoms with Gasteiger partial charge in [0.25, 0.3) is 5.91 Å². The molecule has 8 nitrogen and oxygen atoms in total. The summed E-state index contributed by atoms with van der Waals surface area (Å²) in [5.41, 5.74) is 1.24. The van der Waals surface area contributed by atoms with Gasteiger partial charge in [0.2, 0.25) is 0 Å². The van der Waals surface area contributed by atoms with Crippen molar-refractivity contribution in [3.05, 3.63) is 29.2 Å². The molecule has 0 spiro atoms. The first kappa shape index (κ1) is 16.8. The van der Waals surface area contributed by atoms with E-state index >= 15 is 0 Å². The molecule has 0 N–H and O–H groups in total. The van der Waals surface area contributed by atoms with Gasteiger partial charge in [0, 0.05) is 39.3 Å². The molecule has 0 radical (unpaired) electrons. The number of amides is 1. The molecule has 4 heterocycles. The standard InChI is InChI=1S/C18H24N6O2/c1-13-17(14(2)26-21-13)18(25)24-11-9-23(10-12-24)16-6-5-15(19-20-16)22-7-3-4-8-22/h5-6H,3-4,7-12H2,1-2H3. The summed E-state index contributed by atoms with van der Waals surface area (Å²) < 4.78 is 5.12. The number of anilines is 2. The molecule has 2 aliphatic heterocycles. The van der Waals surface area contributed by atoms with Crippen molar-refractivity contribution in [1.29, 1.82) is 0 Å². The molecule has 0 aromatic carbocycles. The van der Waals surface area contributed by atoms with Crippen molar-refractivity contribution in [3.63, 3.8) is 0 Å². The minimum Gasteiger partial charge on any atom is -0.361 e. The molecule has 2 aromatic rings. The summed E-state index contributed by atoms with van der Waals surface area (Å²) in [5, 5.41) is 12.7. The number of aryl methyl sites for hydroxylation is 2. The van der Waals surface area contributed by atoms with Gasteiger partial charge >= 0.3 is 0 Å². The molecular weight excluding hydrogens is 332 g/mol. The van der Waals surface area contributed by atoms with Crippen LogP contribution < -0.4 is 9.80 Å². The lowest BCUT2D eigenvalue weighted by Crippen LogP contribution is -2.49. The highest BCUT2D eigenvalue weighted by Gasteiger charge is 2.27. The molecule has 2 aromatic heterocycles. The molecule has 0 bridgehead atoms. The lowest BCUT2D eigenvalue weighted by Gasteiger charge is -2.35. The minimum atomic E-state index is -0.00337. The van der Waals surface area contributed by atoms with Crippen molar-refractivity contribution < 1.29 is 9.32 Å². The van der Waals surface area contributed by atoms with E-state index in [4.69, 9.17) is 4.52 Å². The molecule has 0 aliphatic carbocycles. The summed E-state index contributed by atoms with van der Waals surface area (Å²) in [6.07, 6.45) is 2.45. The van der Waals surface area contributed by atoms with E-state index in [0.29, 0.717) is 30.1 Å². The van der Waals surface area contributed by atoms with Crippen LogP contribution in [0.4, 0.5) is 11.6 Å². The van der Waals surface area contributed by atoms with Crippen LogP contribution >= 0.6 is 0 Å². The summed E-state index contributed by atoms with van der Waals surface area (Å²) >= 11 is 0. The molecule has 0 unspecified atom stereocenters. The largest absolute Gasteiger partial charge is 0.361 e. The zero-order valence-electron chi connectivity index (χ0n) is 15.3. The van der Waals surface area contributed by atoms with Crippen LogP contribution in [0, 0.1) is 13.8 Å². The van der Waals surface area contributed by atoms with Crippen molar-refractivity contribution in [2.75, 3.05) is 49.1 Å². The van der Waals surface area contributed by atoms with Crippen molar-refractivity contribution >= 4 is 17.5 Å². The second kappa shape index (κ2) is 6.93. The molecule has 138 valence electrons. The number of carbonyl (C=O) groups excluding carboxylic acids is 1. The van der Waals surface area contributed by atoms with E-state index in [1.54, 1.807) is 13.8 Å². The van der Waals surface area contributed by atoms with E-state index < -0.39 is 0 Å². The number of rotatable bonds is 3. The van der Waals surface area contributed by atoms with Gasteiger partial charge in [-0.1, -0.05) is 5.16 Å². The summed E-state index contributed by atoms with van der Waals surface area (Å²) in [5.74, 6) is 2.41. The SMILES string of the molecule is Cc1noc(C)c1C(=O)N1CCN(c2ccc(N3CCCC3)nn2)CC1. The fourth-order valence-corrected chi connectivity index (χ4v) is 3.69. The van der Waals surface area contributed by atoms with E-state index in [2.05, 4.69) is 31.2 Å². The molecule has 0 saturated carbocycles. The topological polar surface area (TPSA) is 78.6 Å². The monoisotopic (exact) mass is 356 g/mol. The van der Waals surface area contributed by atoms with Crippen LogP contribution in [0.1, 0.15) is 34.7 Å². The van der Waals surface area contributed by atoms with Crippen molar-refractivity contribution in [2.45, 2.75) is 26.7 Å². The Bertz CT molecular complexity index is 754. The Morgan fingerprint density at radius 1 is 0.923 bits per heavy atom. The van der Waals surface area contributed by atoms with Crippen LogP contribution in [-0.4, -0.2) is 65.4 Å². The predicted octanol–water partition coefficient (Wildman–Crippen LogP) is 1.64. The third kappa shape index (κ3) is 3.11. The first-order valence-electron chi connectivity index (χ1n) is 9.19. The Morgan fingerprint density at radius 3 is 2.00 bits per heavy atom. The van der Waals surface area contributed by atoms with Crippen LogP contribution in [0.25, 0.3) is 0 Å². The van der Waals surface area contributed by atoms with E-state index in [1.165, 1.54) is 12.8 Å². The van der Waals surface area contributed by atoms with Crippen LogP contribution in [0.2, 0.25) is 0 Å². The molecule has 0 atom stereocenters. The maximum Gasteiger partial charge on any atom is 0.259 e. The molecule has 1 amide bonds. The van der Waals surface area contributed by atoms with Crippen molar-refractivity contribution in [2.24, 2.45) is 0 Å². The maximum atomic E-state index is 12.7. The predicted molar refractivity (Wildman–Crippen MR) is 97.6 cm³/mol. The zero-order valence-corrected chi connectivity index (χ0v) is 15.3. The van der Waals surface area contributed by atoms with Gasteiger partial charge in [-0.15, -0.1) is 10.2 Å². The number of hydrogen-bond acceptors (Lipinski definition) is 7. The molecule has 2 fully saturated rings. The van der Waals surface area contributed by atoms with E-state index in [-0.39, 0.29) is 5.91 Å². The first-order valence-corrected chi connectivity index (χ1v) is 9.19. The normalized spacial score (nSPS) is 17.8. The van der Waals surface area contributed by atoms with Crippen LogP contribution in [0.15, 0.2) is 16.7 Å². The summed E-state index contributed by atoms with van der Waals surface area (Å²) in [6.45, 7) is 8.50. The Labute approximate surface area is 152 Å². The fraction of sp³-hybridized carbons (Fsp3) is 0.556. The molecule has 4 rings (SSSR count). The summed E-state index contributed by atoms with van der Waals surface area (Å²) in [6, 6.07) is 4.08. The van der Waals surface area contributed by atoms with Gasteiger partial charge in [0.15, 0.2) is 11.6 Å². The number of nitrogens with zero attached hydrogens (tertiary/aromatic N) is 6. The molecule has 26 heavy (non-hydrogen) atoms. The maximum absolute atomic E-state index is 12.7. The lowest BCUT2D eigenvalue weighted by molar-refractivity contribution is 0.0744. The number of carbonyl (C=O) groups is 1. The van der Waals surface area contributed by atoms with Gasteiger partial charge < -0.3 is 19.2 Å². The van der Waals surface area contributed by atoms with Gasteiger partial charge in [-0.2, -0.15) is 0 Å². The van der Waals surface area contributed by atoms with Crippen molar-refractivity contribution in [1.82, 2.24) is 20.3 Å². The van der Waals surface area contributed by atoms with Crippen LogP contribution in [0.3, 0.4) is 0 Å². The highest BCUT2D eigenvalue weighted by atomic mass is 16.5. The highest BCUT2D eigenvalue weighted by molar-refractivity contribution is 5.96. The van der Waals surface area contributed by atoms with Crippen LogP contribution in [-0.2, 0) is 0 Å².